The minimum absolute atomic E-state index is 0.0384. The van der Waals surface area contributed by atoms with Gasteiger partial charge in [-0.1, -0.05) is 18.5 Å². The number of benzene rings is 1. The lowest BCUT2D eigenvalue weighted by Gasteiger charge is -2.30. The first-order chi connectivity index (χ1) is 9.88. The fraction of sp³-hybridized carbons (Fsp3) is 0.571. The quantitative estimate of drug-likeness (QED) is 0.808. The zero-order chi connectivity index (χ0) is 15.5. The number of nitrogens with one attached hydrogen (secondary N) is 1. The number of hydrogen-bond acceptors (Lipinski definition) is 4. The average molecular weight is 332 g/mol. The number of halogens is 1. The molecule has 1 saturated heterocycles. The molecule has 0 atom stereocenters. The van der Waals surface area contributed by atoms with Gasteiger partial charge in [-0.2, -0.15) is 0 Å². The van der Waals surface area contributed by atoms with E-state index in [2.05, 4.69) is 16.5 Å². The second-order valence-electron chi connectivity index (χ2n) is 5.61. The second kappa shape index (κ2) is 6.96. The van der Waals surface area contributed by atoms with Gasteiger partial charge >= 0.3 is 0 Å². The fourth-order valence-corrected chi connectivity index (χ4v) is 3.98. The Labute approximate surface area is 131 Å². The summed E-state index contributed by atoms with van der Waals surface area (Å²) >= 11 is 5.94. The van der Waals surface area contributed by atoms with Crippen molar-refractivity contribution in [3.05, 3.63) is 23.2 Å². The van der Waals surface area contributed by atoms with E-state index in [1.807, 2.05) is 0 Å². The van der Waals surface area contributed by atoms with Crippen molar-refractivity contribution in [2.24, 2.45) is 5.92 Å². The van der Waals surface area contributed by atoms with Crippen molar-refractivity contribution in [3.63, 3.8) is 0 Å². The molecule has 0 radical (unpaired) electrons. The van der Waals surface area contributed by atoms with Gasteiger partial charge in [-0.3, -0.25) is 0 Å². The normalized spacial score (nSPS) is 18.0. The summed E-state index contributed by atoms with van der Waals surface area (Å²) in [5.41, 5.74) is 6.00. The molecule has 118 valence electrons. The molecular formula is C14H22ClN3O2S. The molecule has 0 unspecified atom stereocenters. The van der Waals surface area contributed by atoms with Crippen molar-refractivity contribution < 1.29 is 8.42 Å². The Kier molecular flexibility index (Phi) is 5.48. The van der Waals surface area contributed by atoms with E-state index in [1.54, 1.807) is 6.07 Å². The lowest BCUT2D eigenvalue weighted by Crippen LogP contribution is -2.39. The van der Waals surface area contributed by atoms with Crippen LogP contribution in [0.25, 0.3) is 0 Å². The van der Waals surface area contributed by atoms with Gasteiger partial charge in [0.2, 0.25) is 10.0 Å². The van der Waals surface area contributed by atoms with Gasteiger partial charge in [-0.25, -0.2) is 13.1 Å². The van der Waals surface area contributed by atoms with E-state index in [1.165, 1.54) is 25.0 Å². The number of piperidine rings is 1. The molecule has 3 N–H and O–H groups in total. The van der Waals surface area contributed by atoms with E-state index in [-0.39, 0.29) is 9.92 Å². The number of nitrogen functional groups attached to an aromatic ring is 1. The topological polar surface area (TPSA) is 75.4 Å². The van der Waals surface area contributed by atoms with Crippen LogP contribution >= 0.6 is 11.6 Å². The zero-order valence-corrected chi connectivity index (χ0v) is 13.8. The Hall–Kier alpha value is -0.820. The molecular weight excluding hydrogens is 310 g/mol. The van der Waals surface area contributed by atoms with E-state index in [0.29, 0.717) is 18.8 Å². The molecule has 0 amide bonds. The van der Waals surface area contributed by atoms with Crippen LogP contribution in [0, 0.1) is 5.92 Å². The standard InChI is InChI=1S/C14H22ClN3O2S/c1-11-4-7-18(8-5-11)9-6-17-21(19,20)14-10-12(16)2-3-13(14)15/h2-3,10-11,17H,4-9,16H2,1H3. The van der Waals surface area contributed by atoms with E-state index in [4.69, 9.17) is 17.3 Å². The van der Waals surface area contributed by atoms with Crippen molar-refractivity contribution in [1.82, 2.24) is 9.62 Å². The number of likely N-dealkylation sites (tertiary alicyclic amines) is 1. The molecule has 2 rings (SSSR count). The van der Waals surface area contributed by atoms with Crippen LogP contribution in [-0.2, 0) is 10.0 Å². The van der Waals surface area contributed by atoms with Crippen LogP contribution in [0.15, 0.2) is 23.1 Å². The van der Waals surface area contributed by atoms with Crippen LogP contribution in [0.4, 0.5) is 5.69 Å². The van der Waals surface area contributed by atoms with Crippen molar-refractivity contribution in [1.29, 1.82) is 0 Å². The predicted molar refractivity (Wildman–Crippen MR) is 85.9 cm³/mol. The van der Waals surface area contributed by atoms with Gasteiger partial charge in [-0.05, 0) is 50.0 Å². The molecule has 1 heterocycles. The molecule has 1 aliphatic heterocycles. The van der Waals surface area contributed by atoms with Crippen LogP contribution < -0.4 is 10.5 Å². The predicted octanol–water partition coefficient (Wildman–Crippen LogP) is 1.93. The van der Waals surface area contributed by atoms with Gasteiger partial charge in [-0.15, -0.1) is 0 Å². The number of nitrogens with two attached hydrogens (primary N) is 1. The van der Waals surface area contributed by atoms with Crippen molar-refractivity contribution in [3.8, 4) is 0 Å². The maximum absolute atomic E-state index is 12.2. The Morgan fingerprint density at radius 3 is 2.71 bits per heavy atom. The molecule has 0 aliphatic carbocycles. The second-order valence-corrected chi connectivity index (χ2v) is 7.75. The summed E-state index contributed by atoms with van der Waals surface area (Å²) in [7, 11) is -3.61. The minimum Gasteiger partial charge on any atom is -0.399 e. The number of sulfonamides is 1. The molecule has 0 bridgehead atoms. The maximum atomic E-state index is 12.2. The smallest absolute Gasteiger partial charge is 0.242 e. The summed E-state index contributed by atoms with van der Waals surface area (Å²) in [6, 6.07) is 4.46. The van der Waals surface area contributed by atoms with Gasteiger partial charge in [0.05, 0.1) is 5.02 Å². The molecule has 1 fully saturated rings. The lowest BCUT2D eigenvalue weighted by atomic mass is 9.99. The third kappa shape index (κ3) is 4.57. The van der Waals surface area contributed by atoms with Crippen LogP contribution in [-0.4, -0.2) is 39.5 Å². The number of nitrogens with zero attached hydrogens (tertiary/aromatic N) is 1. The fourth-order valence-electron chi connectivity index (χ4n) is 2.43. The Bertz CT molecular complexity index is 584. The summed E-state index contributed by atoms with van der Waals surface area (Å²) in [5, 5.41) is 0.184. The molecule has 21 heavy (non-hydrogen) atoms. The first-order valence-electron chi connectivity index (χ1n) is 7.15. The number of rotatable bonds is 5. The molecule has 0 saturated carbocycles. The highest BCUT2D eigenvalue weighted by Crippen LogP contribution is 2.23. The molecule has 0 aromatic heterocycles. The van der Waals surface area contributed by atoms with E-state index < -0.39 is 10.0 Å². The lowest BCUT2D eigenvalue weighted by molar-refractivity contribution is 0.195. The first-order valence-corrected chi connectivity index (χ1v) is 9.01. The minimum atomic E-state index is -3.61. The van der Waals surface area contributed by atoms with Crippen molar-refractivity contribution in [2.75, 3.05) is 31.9 Å². The highest BCUT2D eigenvalue weighted by Gasteiger charge is 2.19. The van der Waals surface area contributed by atoms with Crippen LogP contribution in [0.5, 0.6) is 0 Å². The summed E-state index contributed by atoms with van der Waals surface area (Å²) in [6.07, 6.45) is 2.35. The Morgan fingerprint density at radius 2 is 2.05 bits per heavy atom. The highest BCUT2D eigenvalue weighted by atomic mass is 35.5. The molecule has 0 spiro atoms. The summed E-state index contributed by atoms with van der Waals surface area (Å²) < 4.78 is 27.1. The largest absolute Gasteiger partial charge is 0.399 e. The van der Waals surface area contributed by atoms with Gasteiger partial charge in [0.1, 0.15) is 4.90 Å². The monoisotopic (exact) mass is 331 g/mol. The van der Waals surface area contributed by atoms with Gasteiger partial charge in [0.15, 0.2) is 0 Å². The molecule has 1 aromatic rings. The van der Waals surface area contributed by atoms with Gasteiger partial charge < -0.3 is 10.6 Å². The average Bonchev–Trinajstić information content (AvgIpc) is 2.43. The summed E-state index contributed by atoms with van der Waals surface area (Å²) in [5.74, 6) is 0.768. The highest BCUT2D eigenvalue weighted by molar-refractivity contribution is 7.89. The van der Waals surface area contributed by atoms with Crippen molar-refractivity contribution in [2.45, 2.75) is 24.7 Å². The Balaban J connectivity index is 1.91. The molecule has 7 heteroatoms. The molecule has 1 aliphatic rings. The molecule has 5 nitrogen and oxygen atoms in total. The number of hydrogen-bond donors (Lipinski definition) is 2. The summed E-state index contributed by atoms with van der Waals surface area (Å²) in [4.78, 5) is 2.32. The summed E-state index contributed by atoms with van der Waals surface area (Å²) in [6.45, 7) is 5.40. The van der Waals surface area contributed by atoms with E-state index in [9.17, 15) is 8.42 Å². The van der Waals surface area contributed by atoms with Gasteiger partial charge in [0.25, 0.3) is 0 Å². The van der Waals surface area contributed by atoms with Crippen LogP contribution in [0.3, 0.4) is 0 Å². The van der Waals surface area contributed by atoms with E-state index in [0.717, 1.165) is 19.0 Å². The van der Waals surface area contributed by atoms with Crippen molar-refractivity contribution >= 4 is 27.3 Å². The maximum Gasteiger partial charge on any atom is 0.242 e. The third-order valence-corrected chi connectivity index (χ3v) is 5.78. The zero-order valence-electron chi connectivity index (χ0n) is 12.2. The van der Waals surface area contributed by atoms with E-state index >= 15 is 0 Å². The molecule has 1 aromatic carbocycles. The number of anilines is 1. The van der Waals surface area contributed by atoms with Crippen LogP contribution in [0.2, 0.25) is 5.02 Å². The third-order valence-electron chi connectivity index (χ3n) is 3.84. The van der Waals surface area contributed by atoms with Crippen LogP contribution in [0.1, 0.15) is 19.8 Å². The van der Waals surface area contributed by atoms with Gasteiger partial charge in [0, 0.05) is 18.8 Å². The first kappa shape index (κ1) is 16.5. The Morgan fingerprint density at radius 1 is 1.38 bits per heavy atom. The SMILES string of the molecule is CC1CCN(CCNS(=O)(=O)c2cc(N)ccc2Cl)CC1.